The molecule has 162 valence electrons. The highest BCUT2D eigenvalue weighted by Crippen LogP contribution is 2.40. The number of phenols is 1. The number of benzene rings is 3. The molecule has 0 aromatic heterocycles. The fourth-order valence-corrected chi connectivity index (χ4v) is 4.45. The van der Waals surface area contributed by atoms with Crippen LogP contribution in [-0.4, -0.2) is 42.0 Å². The number of hydrogen-bond donors (Lipinski definition) is 1. The number of carbonyl (C=O) groups excluding carboxylic acids is 1. The second-order valence-electron chi connectivity index (χ2n) is 8.03. The quantitative estimate of drug-likeness (QED) is 0.516. The highest BCUT2D eigenvalue weighted by Gasteiger charge is 2.32. The number of hydrogen-bond acceptors (Lipinski definition) is 5. The van der Waals surface area contributed by atoms with Crippen LogP contribution in [0.1, 0.15) is 21.5 Å². The van der Waals surface area contributed by atoms with E-state index in [-0.39, 0.29) is 17.3 Å². The predicted molar refractivity (Wildman–Crippen MR) is 129 cm³/mol. The van der Waals surface area contributed by atoms with E-state index in [1.165, 1.54) is 5.69 Å². The Morgan fingerprint density at radius 2 is 1.66 bits per heavy atom. The van der Waals surface area contributed by atoms with Crippen LogP contribution in [-0.2, 0) is 6.54 Å². The van der Waals surface area contributed by atoms with Gasteiger partial charge in [0.05, 0.1) is 11.1 Å². The summed E-state index contributed by atoms with van der Waals surface area (Å²) in [6, 6.07) is 21.3. The number of para-hydroxylation sites is 1. The zero-order valence-corrected chi connectivity index (χ0v) is 19.1. The molecule has 0 amide bonds. The van der Waals surface area contributed by atoms with Crippen molar-refractivity contribution in [1.29, 1.82) is 0 Å². The number of nitrogens with zero attached hydrogens (tertiary/aromatic N) is 2. The molecule has 0 aliphatic carbocycles. The van der Waals surface area contributed by atoms with E-state index >= 15 is 0 Å². The van der Waals surface area contributed by atoms with Gasteiger partial charge in [0.1, 0.15) is 11.5 Å². The van der Waals surface area contributed by atoms with Gasteiger partial charge in [-0.3, -0.25) is 9.69 Å². The lowest BCUT2D eigenvalue weighted by atomic mass is 10.0. The van der Waals surface area contributed by atoms with Gasteiger partial charge in [-0.15, -0.1) is 0 Å². The Balaban J connectivity index is 1.33. The molecule has 2 heterocycles. The molecular weight excluding hydrogens is 468 g/mol. The van der Waals surface area contributed by atoms with Gasteiger partial charge in [0.2, 0.25) is 5.78 Å². The van der Waals surface area contributed by atoms with Crippen LogP contribution in [0.4, 0.5) is 5.69 Å². The highest BCUT2D eigenvalue weighted by atomic mass is 79.9. The normalized spacial score (nSPS) is 17.5. The standard InChI is InChI=1S/C26H23BrN2O3/c27-19-8-6-18(7-9-19)16-24-25(31)21-10-11-23(30)22(26(21)32-24)17-28-12-14-29(15-13-28)20-4-2-1-3-5-20/h1-11,16,30H,12-15,17H2/b24-16-. The van der Waals surface area contributed by atoms with Crippen molar-refractivity contribution in [3.63, 3.8) is 0 Å². The SMILES string of the molecule is O=C1/C(=C/c2ccc(Br)cc2)Oc2c1ccc(O)c2CN1CCN(c2ccccc2)CC1. The lowest BCUT2D eigenvalue weighted by Crippen LogP contribution is -2.46. The van der Waals surface area contributed by atoms with Gasteiger partial charge in [-0.25, -0.2) is 0 Å². The van der Waals surface area contributed by atoms with Gasteiger partial charge in [0, 0.05) is 42.9 Å². The van der Waals surface area contributed by atoms with Crippen molar-refractivity contribution < 1.29 is 14.6 Å². The number of Topliss-reactive ketones (excluding diaryl/α,β-unsaturated/α-hetero) is 1. The minimum atomic E-state index is -0.155. The Bertz CT molecular complexity index is 1170. The number of phenolic OH excluding ortho intramolecular Hbond substituents is 1. The number of piperazine rings is 1. The summed E-state index contributed by atoms with van der Waals surface area (Å²) in [7, 11) is 0. The Kier molecular flexibility index (Phi) is 5.72. The minimum Gasteiger partial charge on any atom is -0.507 e. The monoisotopic (exact) mass is 490 g/mol. The zero-order valence-electron chi connectivity index (χ0n) is 17.5. The molecule has 3 aromatic rings. The first-order valence-electron chi connectivity index (χ1n) is 10.7. The maximum Gasteiger partial charge on any atom is 0.231 e. The van der Waals surface area contributed by atoms with E-state index < -0.39 is 0 Å². The maximum absolute atomic E-state index is 12.9. The summed E-state index contributed by atoms with van der Waals surface area (Å²) >= 11 is 3.42. The summed E-state index contributed by atoms with van der Waals surface area (Å²) in [4.78, 5) is 17.6. The van der Waals surface area contributed by atoms with E-state index in [2.05, 4.69) is 50.0 Å². The molecule has 0 atom stereocenters. The lowest BCUT2D eigenvalue weighted by molar-refractivity contribution is 0.101. The maximum atomic E-state index is 12.9. The van der Waals surface area contributed by atoms with Crippen molar-refractivity contribution in [3.8, 4) is 11.5 Å². The van der Waals surface area contributed by atoms with Crippen molar-refractivity contribution in [1.82, 2.24) is 4.90 Å². The Morgan fingerprint density at radius 3 is 2.38 bits per heavy atom. The number of rotatable bonds is 4. The lowest BCUT2D eigenvalue weighted by Gasteiger charge is -2.36. The van der Waals surface area contributed by atoms with E-state index in [0.29, 0.717) is 23.4 Å². The Labute approximate surface area is 195 Å². The van der Waals surface area contributed by atoms with Gasteiger partial charge in [-0.1, -0.05) is 46.3 Å². The smallest absolute Gasteiger partial charge is 0.231 e. The average Bonchev–Trinajstić information content (AvgIpc) is 3.13. The predicted octanol–water partition coefficient (Wildman–Crippen LogP) is 5.09. The third-order valence-electron chi connectivity index (χ3n) is 5.96. The number of ketones is 1. The van der Waals surface area contributed by atoms with Crippen LogP contribution < -0.4 is 9.64 Å². The topological polar surface area (TPSA) is 53.0 Å². The summed E-state index contributed by atoms with van der Waals surface area (Å²) in [5.41, 5.74) is 3.28. The second kappa shape index (κ2) is 8.81. The van der Waals surface area contributed by atoms with Gasteiger partial charge in [-0.2, -0.15) is 0 Å². The van der Waals surface area contributed by atoms with Crippen LogP contribution in [0.5, 0.6) is 11.5 Å². The first-order valence-corrected chi connectivity index (χ1v) is 11.4. The molecule has 0 unspecified atom stereocenters. The third kappa shape index (κ3) is 4.16. The molecule has 2 aliphatic heterocycles. The number of halogens is 1. The molecule has 6 heteroatoms. The number of aromatic hydroxyl groups is 1. The average molecular weight is 491 g/mol. The van der Waals surface area contributed by atoms with Crippen LogP contribution in [0.25, 0.3) is 6.08 Å². The fraction of sp³-hybridized carbons (Fsp3) is 0.192. The van der Waals surface area contributed by atoms with Crippen LogP contribution >= 0.6 is 15.9 Å². The molecule has 1 fully saturated rings. The van der Waals surface area contributed by atoms with Crippen molar-refractivity contribution in [2.75, 3.05) is 31.1 Å². The molecule has 2 aliphatic rings. The molecule has 1 N–H and O–H groups in total. The summed E-state index contributed by atoms with van der Waals surface area (Å²) < 4.78 is 6.97. The summed E-state index contributed by atoms with van der Waals surface area (Å²) in [5.74, 6) is 0.761. The van der Waals surface area contributed by atoms with Crippen molar-refractivity contribution in [2.24, 2.45) is 0 Å². The van der Waals surface area contributed by atoms with Gasteiger partial charge >= 0.3 is 0 Å². The van der Waals surface area contributed by atoms with Crippen molar-refractivity contribution in [3.05, 3.63) is 93.7 Å². The first kappa shape index (κ1) is 20.8. The first-order chi connectivity index (χ1) is 15.6. The highest BCUT2D eigenvalue weighted by molar-refractivity contribution is 9.10. The molecule has 5 nitrogen and oxygen atoms in total. The largest absolute Gasteiger partial charge is 0.507 e. The van der Waals surface area contributed by atoms with E-state index in [0.717, 1.165) is 36.2 Å². The molecule has 0 spiro atoms. The van der Waals surface area contributed by atoms with Gasteiger partial charge in [0.15, 0.2) is 5.76 Å². The number of carbonyl (C=O) groups is 1. The fourth-order valence-electron chi connectivity index (χ4n) is 4.19. The van der Waals surface area contributed by atoms with Crippen LogP contribution in [0, 0.1) is 0 Å². The molecule has 1 saturated heterocycles. The molecule has 0 bridgehead atoms. The molecular formula is C26H23BrN2O3. The van der Waals surface area contributed by atoms with E-state index in [9.17, 15) is 9.90 Å². The minimum absolute atomic E-state index is 0.155. The summed E-state index contributed by atoms with van der Waals surface area (Å²) in [5, 5.41) is 10.6. The van der Waals surface area contributed by atoms with Gasteiger partial charge in [-0.05, 0) is 48.0 Å². The van der Waals surface area contributed by atoms with Crippen LogP contribution in [0.2, 0.25) is 0 Å². The van der Waals surface area contributed by atoms with Crippen LogP contribution in [0.15, 0.2) is 77.0 Å². The van der Waals surface area contributed by atoms with Gasteiger partial charge < -0.3 is 14.7 Å². The molecule has 0 radical (unpaired) electrons. The number of anilines is 1. The third-order valence-corrected chi connectivity index (χ3v) is 6.49. The van der Waals surface area contributed by atoms with Gasteiger partial charge in [0.25, 0.3) is 0 Å². The van der Waals surface area contributed by atoms with E-state index in [4.69, 9.17) is 4.74 Å². The Morgan fingerprint density at radius 1 is 0.938 bits per heavy atom. The molecule has 3 aromatic carbocycles. The molecule has 5 rings (SSSR count). The summed E-state index contributed by atoms with van der Waals surface area (Å²) in [6.07, 6.45) is 1.74. The molecule has 0 saturated carbocycles. The summed E-state index contributed by atoms with van der Waals surface area (Å²) in [6.45, 7) is 4.10. The Hall–Kier alpha value is -3.09. The van der Waals surface area contributed by atoms with Crippen LogP contribution in [0.3, 0.4) is 0 Å². The van der Waals surface area contributed by atoms with Crippen molar-refractivity contribution in [2.45, 2.75) is 6.54 Å². The number of ether oxygens (including phenoxy) is 1. The second-order valence-corrected chi connectivity index (χ2v) is 8.95. The van der Waals surface area contributed by atoms with Crippen molar-refractivity contribution >= 4 is 33.5 Å². The zero-order chi connectivity index (χ0) is 22.1. The number of fused-ring (bicyclic) bond motifs is 1. The van der Waals surface area contributed by atoms with E-state index in [1.54, 1.807) is 18.2 Å². The van der Waals surface area contributed by atoms with E-state index in [1.807, 2.05) is 30.3 Å². The number of allylic oxidation sites excluding steroid dienone is 1. The molecule has 32 heavy (non-hydrogen) atoms.